The smallest absolute Gasteiger partial charge is 0.138 e. The van der Waals surface area contributed by atoms with Gasteiger partial charge in [-0.3, -0.25) is 4.68 Å². The maximum atomic E-state index is 13.5. The summed E-state index contributed by atoms with van der Waals surface area (Å²) >= 11 is 0. The van der Waals surface area contributed by atoms with Crippen molar-refractivity contribution in [3.8, 4) is 0 Å². The zero-order valence-corrected chi connectivity index (χ0v) is 11.8. The molecule has 7 heteroatoms. The Morgan fingerprint density at radius 3 is 2.48 bits per heavy atom. The summed E-state index contributed by atoms with van der Waals surface area (Å²) in [6.07, 6.45) is 1.65. The quantitative estimate of drug-likeness (QED) is 0.834. The number of hydrogen-bond acceptors (Lipinski definition) is 4. The molecule has 1 aromatic heterocycles. The first-order valence-electron chi connectivity index (χ1n) is 6.69. The minimum atomic E-state index is -0.997. The van der Waals surface area contributed by atoms with Crippen molar-refractivity contribution in [2.24, 2.45) is 5.73 Å². The van der Waals surface area contributed by atoms with E-state index in [1.54, 1.807) is 4.68 Å². The highest BCUT2D eigenvalue weighted by Gasteiger charge is 2.33. The number of nitrogens with zero attached hydrogens (tertiary/aromatic N) is 3. The van der Waals surface area contributed by atoms with Crippen LogP contribution in [0.3, 0.4) is 0 Å². The topological polar surface area (TPSA) is 77.0 Å². The van der Waals surface area contributed by atoms with Gasteiger partial charge in [-0.2, -0.15) is 5.10 Å². The first kappa shape index (κ1) is 15.5. The van der Waals surface area contributed by atoms with Gasteiger partial charge in [0.15, 0.2) is 0 Å². The number of aromatic nitrogens is 3. The van der Waals surface area contributed by atoms with Crippen molar-refractivity contribution in [3.05, 3.63) is 47.5 Å². The van der Waals surface area contributed by atoms with Gasteiger partial charge in [0.25, 0.3) is 0 Å². The average molecular weight is 296 g/mol. The normalized spacial score (nSPS) is 14.1. The molecular formula is C14H18F2N4O. The maximum absolute atomic E-state index is 13.5. The molecule has 0 saturated carbocycles. The van der Waals surface area contributed by atoms with Crippen LogP contribution in [0.2, 0.25) is 0 Å². The minimum Gasteiger partial charge on any atom is -0.395 e. The molecule has 0 aliphatic rings. The second kappa shape index (κ2) is 6.28. The molecule has 2 aromatic rings. The number of rotatable bonds is 6. The van der Waals surface area contributed by atoms with Crippen LogP contribution in [0.15, 0.2) is 24.5 Å². The van der Waals surface area contributed by atoms with E-state index in [2.05, 4.69) is 10.1 Å². The van der Waals surface area contributed by atoms with Gasteiger partial charge in [-0.25, -0.2) is 13.8 Å². The van der Waals surface area contributed by atoms with Crippen molar-refractivity contribution in [3.63, 3.8) is 0 Å². The van der Waals surface area contributed by atoms with E-state index < -0.39 is 17.0 Å². The molecule has 0 fully saturated rings. The lowest BCUT2D eigenvalue weighted by Crippen LogP contribution is -2.42. The van der Waals surface area contributed by atoms with Crippen molar-refractivity contribution in [2.75, 3.05) is 13.2 Å². The van der Waals surface area contributed by atoms with E-state index in [1.165, 1.54) is 18.5 Å². The number of aliphatic hydroxyl groups excluding tert-OH is 1. The van der Waals surface area contributed by atoms with Crippen molar-refractivity contribution in [2.45, 2.75) is 25.3 Å². The predicted octanol–water partition coefficient (Wildman–Crippen LogP) is 1.01. The zero-order chi connectivity index (χ0) is 15.5. The van der Waals surface area contributed by atoms with Gasteiger partial charge in [-0.05, 0) is 24.6 Å². The standard InChI is InChI=1S/C14H18F2N4O/c1-2-20-13(18-9-19-20)6-14(7-17,8-21)10-3-11(15)5-12(16)4-10/h3-5,9,21H,2,6-8,17H2,1H3. The third-order valence-corrected chi connectivity index (χ3v) is 3.66. The first-order valence-corrected chi connectivity index (χ1v) is 6.69. The Hall–Kier alpha value is -1.86. The minimum absolute atomic E-state index is 0.0307. The molecule has 0 aliphatic carbocycles. The Labute approximate surface area is 121 Å². The van der Waals surface area contributed by atoms with Crippen LogP contribution in [-0.2, 0) is 18.4 Å². The molecular weight excluding hydrogens is 278 g/mol. The molecule has 2 rings (SSSR count). The van der Waals surface area contributed by atoms with Crippen LogP contribution in [0.1, 0.15) is 18.3 Å². The molecule has 5 nitrogen and oxygen atoms in total. The van der Waals surface area contributed by atoms with Crippen LogP contribution < -0.4 is 5.73 Å². The molecule has 1 aromatic carbocycles. The number of halogens is 2. The SMILES string of the molecule is CCn1ncnc1CC(CN)(CO)c1cc(F)cc(F)c1. The summed E-state index contributed by atoms with van der Waals surface area (Å²) in [5.41, 5.74) is 5.11. The lowest BCUT2D eigenvalue weighted by molar-refractivity contribution is 0.192. The Kier molecular flexibility index (Phi) is 4.64. The van der Waals surface area contributed by atoms with Crippen molar-refractivity contribution in [1.29, 1.82) is 0 Å². The first-order chi connectivity index (χ1) is 10.0. The van der Waals surface area contributed by atoms with E-state index in [4.69, 9.17) is 5.73 Å². The molecule has 0 spiro atoms. The summed E-state index contributed by atoms with van der Waals surface area (Å²) < 4.78 is 28.6. The Morgan fingerprint density at radius 1 is 1.29 bits per heavy atom. The van der Waals surface area contributed by atoms with Crippen molar-refractivity contribution in [1.82, 2.24) is 14.8 Å². The molecule has 114 valence electrons. The van der Waals surface area contributed by atoms with Gasteiger partial charge < -0.3 is 10.8 Å². The van der Waals surface area contributed by atoms with Gasteiger partial charge in [0.2, 0.25) is 0 Å². The Morgan fingerprint density at radius 2 is 1.95 bits per heavy atom. The molecule has 0 aliphatic heterocycles. The molecule has 1 heterocycles. The molecule has 3 N–H and O–H groups in total. The second-order valence-corrected chi connectivity index (χ2v) is 4.97. The summed E-state index contributed by atoms with van der Waals surface area (Å²) in [6, 6.07) is 3.17. The van der Waals surface area contributed by atoms with Gasteiger partial charge in [0, 0.05) is 31.0 Å². The van der Waals surface area contributed by atoms with Gasteiger partial charge >= 0.3 is 0 Å². The Balaban J connectivity index is 2.44. The summed E-state index contributed by atoms with van der Waals surface area (Å²) in [5, 5.41) is 13.8. The fourth-order valence-electron chi connectivity index (χ4n) is 2.36. The number of hydrogen-bond donors (Lipinski definition) is 2. The van der Waals surface area contributed by atoms with Gasteiger partial charge in [-0.15, -0.1) is 0 Å². The predicted molar refractivity (Wildman–Crippen MR) is 73.6 cm³/mol. The third-order valence-electron chi connectivity index (χ3n) is 3.66. The van der Waals surface area contributed by atoms with Gasteiger partial charge in [0.05, 0.1) is 6.61 Å². The molecule has 0 bridgehead atoms. The molecule has 0 amide bonds. The van der Waals surface area contributed by atoms with Crippen LogP contribution in [0.5, 0.6) is 0 Å². The van der Waals surface area contributed by atoms with Crippen LogP contribution in [-0.4, -0.2) is 33.0 Å². The van der Waals surface area contributed by atoms with E-state index in [9.17, 15) is 13.9 Å². The molecule has 0 saturated heterocycles. The summed E-state index contributed by atoms with van der Waals surface area (Å²) in [7, 11) is 0. The molecule has 21 heavy (non-hydrogen) atoms. The number of aliphatic hydroxyl groups is 1. The highest BCUT2D eigenvalue weighted by atomic mass is 19.1. The average Bonchev–Trinajstić information content (AvgIpc) is 2.90. The van der Waals surface area contributed by atoms with Gasteiger partial charge in [-0.1, -0.05) is 0 Å². The second-order valence-electron chi connectivity index (χ2n) is 4.97. The highest BCUT2D eigenvalue weighted by Crippen LogP contribution is 2.28. The third kappa shape index (κ3) is 3.08. The molecule has 0 radical (unpaired) electrons. The summed E-state index contributed by atoms with van der Waals surface area (Å²) in [5.74, 6) is -0.789. The van der Waals surface area contributed by atoms with E-state index in [0.29, 0.717) is 17.9 Å². The Bertz CT molecular complexity index is 591. The fraction of sp³-hybridized carbons (Fsp3) is 0.429. The lowest BCUT2D eigenvalue weighted by Gasteiger charge is -2.30. The maximum Gasteiger partial charge on any atom is 0.138 e. The van der Waals surface area contributed by atoms with Crippen molar-refractivity contribution < 1.29 is 13.9 Å². The monoisotopic (exact) mass is 296 g/mol. The van der Waals surface area contributed by atoms with Crippen LogP contribution in [0.25, 0.3) is 0 Å². The summed E-state index contributed by atoms with van der Waals surface area (Å²) in [4.78, 5) is 4.14. The number of nitrogens with two attached hydrogens (primary N) is 1. The van der Waals surface area contributed by atoms with Crippen LogP contribution in [0.4, 0.5) is 8.78 Å². The largest absolute Gasteiger partial charge is 0.395 e. The van der Waals surface area contributed by atoms with Crippen molar-refractivity contribution >= 4 is 0 Å². The highest BCUT2D eigenvalue weighted by molar-refractivity contribution is 5.29. The number of aryl methyl sites for hydroxylation is 1. The number of benzene rings is 1. The van der Waals surface area contributed by atoms with E-state index in [-0.39, 0.29) is 19.6 Å². The van der Waals surface area contributed by atoms with Gasteiger partial charge in [0.1, 0.15) is 23.8 Å². The summed E-state index contributed by atoms with van der Waals surface area (Å²) in [6.45, 7) is 2.20. The zero-order valence-electron chi connectivity index (χ0n) is 11.8. The fourth-order valence-corrected chi connectivity index (χ4v) is 2.36. The van der Waals surface area contributed by atoms with Crippen LogP contribution >= 0.6 is 0 Å². The van der Waals surface area contributed by atoms with E-state index in [0.717, 1.165) is 6.07 Å². The van der Waals surface area contributed by atoms with E-state index in [1.807, 2.05) is 6.92 Å². The lowest BCUT2D eigenvalue weighted by atomic mass is 9.78. The van der Waals surface area contributed by atoms with Crippen LogP contribution in [0, 0.1) is 11.6 Å². The van der Waals surface area contributed by atoms with E-state index >= 15 is 0 Å². The molecule has 1 unspecified atom stereocenters. The molecule has 1 atom stereocenters.